The summed E-state index contributed by atoms with van der Waals surface area (Å²) in [6.07, 6.45) is 3.43. The third kappa shape index (κ3) is 5.12. The summed E-state index contributed by atoms with van der Waals surface area (Å²) in [5.74, 6) is 1.03. The van der Waals surface area contributed by atoms with E-state index in [1.54, 1.807) is 31.3 Å². The maximum atomic E-state index is 14.0. The van der Waals surface area contributed by atoms with Crippen molar-refractivity contribution in [2.45, 2.75) is 19.9 Å². The lowest BCUT2D eigenvalue weighted by molar-refractivity contribution is 0.298. The van der Waals surface area contributed by atoms with E-state index >= 15 is 0 Å². The Kier molecular flexibility index (Phi) is 7.00. The fraction of sp³-hybridized carbons (Fsp3) is 0.273. The number of hydrogen-bond acceptors (Lipinski definition) is 4. The number of nitrogens with zero attached hydrogens (tertiary/aromatic N) is 4. The quantitative estimate of drug-likeness (QED) is 0.415. The smallest absolute Gasteiger partial charge is 0.147 e. The van der Waals surface area contributed by atoms with Gasteiger partial charge in [-0.2, -0.15) is 0 Å². The van der Waals surface area contributed by atoms with Gasteiger partial charge in [0, 0.05) is 49.2 Å². The highest BCUT2D eigenvalue weighted by molar-refractivity contribution is 6.33. The van der Waals surface area contributed by atoms with Gasteiger partial charge in [0.1, 0.15) is 22.6 Å². The highest BCUT2D eigenvalue weighted by Crippen LogP contribution is 2.25. The molecule has 0 unspecified atom stereocenters. The van der Waals surface area contributed by atoms with Gasteiger partial charge >= 0.3 is 0 Å². The van der Waals surface area contributed by atoms with Crippen molar-refractivity contribution in [3.8, 4) is 0 Å². The summed E-state index contributed by atoms with van der Waals surface area (Å²) < 4.78 is 14.0. The van der Waals surface area contributed by atoms with E-state index in [9.17, 15) is 4.39 Å². The zero-order valence-electron chi connectivity index (χ0n) is 16.9. The van der Waals surface area contributed by atoms with E-state index in [1.165, 1.54) is 6.07 Å². The number of aromatic nitrogens is 1. The SMILES string of the molecule is C=C(Cl)N=C(/C=C(\N)c1ccc(C)c(F)c1)N1CCN(c2ncccc2Cl)C[C@H]1C. The molecule has 158 valence electrons. The molecule has 1 aliphatic rings. The lowest BCUT2D eigenvalue weighted by Crippen LogP contribution is -2.54. The monoisotopic (exact) mass is 447 g/mol. The Labute approximate surface area is 186 Å². The van der Waals surface area contributed by atoms with Crippen LogP contribution >= 0.6 is 23.2 Å². The van der Waals surface area contributed by atoms with E-state index in [0.717, 1.165) is 5.82 Å². The largest absolute Gasteiger partial charge is 0.398 e. The molecule has 0 radical (unpaired) electrons. The number of aryl methyl sites for hydroxylation is 1. The summed E-state index contributed by atoms with van der Waals surface area (Å²) in [6.45, 7) is 9.50. The molecule has 30 heavy (non-hydrogen) atoms. The highest BCUT2D eigenvalue weighted by atomic mass is 35.5. The molecule has 8 heteroatoms. The minimum absolute atomic E-state index is 0.0744. The Morgan fingerprint density at radius 2 is 2.13 bits per heavy atom. The molecule has 2 N–H and O–H groups in total. The molecule has 0 aliphatic carbocycles. The van der Waals surface area contributed by atoms with Crippen LogP contribution in [0.5, 0.6) is 0 Å². The second-order valence-corrected chi connectivity index (χ2v) is 8.05. The van der Waals surface area contributed by atoms with Crippen LogP contribution in [0.25, 0.3) is 5.70 Å². The van der Waals surface area contributed by atoms with Crippen molar-refractivity contribution >= 4 is 40.6 Å². The van der Waals surface area contributed by atoms with Crippen LogP contribution in [0.2, 0.25) is 5.02 Å². The number of halogens is 3. The van der Waals surface area contributed by atoms with Crippen molar-refractivity contribution in [1.82, 2.24) is 9.88 Å². The van der Waals surface area contributed by atoms with Crippen molar-refractivity contribution < 1.29 is 4.39 Å². The molecule has 1 atom stereocenters. The average Bonchev–Trinajstić information content (AvgIpc) is 2.69. The molecular weight excluding hydrogens is 424 g/mol. The van der Waals surface area contributed by atoms with Crippen molar-refractivity contribution in [3.63, 3.8) is 0 Å². The third-order valence-electron chi connectivity index (χ3n) is 4.99. The van der Waals surface area contributed by atoms with Crippen LogP contribution in [0.3, 0.4) is 0 Å². The van der Waals surface area contributed by atoms with E-state index in [-0.39, 0.29) is 17.0 Å². The predicted octanol–water partition coefficient (Wildman–Crippen LogP) is 4.80. The van der Waals surface area contributed by atoms with Gasteiger partial charge in [-0.05, 0) is 37.6 Å². The Bertz CT molecular complexity index is 1000. The average molecular weight is 448 g/mol. The lowest BCUT2D eigenvalue weighted by atomic mass is 10.1. The number of benzene rings is 1. The third-order valence-corrected chi connectivity index (χ3v) is 5.37. The maximum Gasteiger partial charge on any atom is 0.147 e. The molecule has 0 spiro atoms. The second-order valence-electron chi connectivity index (χ2n) is 7.21. The number of hydrogen-bond donors (Lipinski definition) is 1. The topological polar surface area (TPSA) is 57.8 Å². The molecular formula is C22H24Cl2FN5. The number of amidine groups is 1. The first kappa shape index (κ1) is 22.1. The van der Waals surface area contributed by atoms with E-state index < -0.39 is 0 Å². The Hall–Kier alpha value is -2.57. The number of piperazine rings is 1. The predicted molar refractivity (Wildman–Crippen MR) is 123 cm³/mol. The van der Waals surface area contributed by atoms with Crippen LogP contribution < -0.4 is 10.6 Å². The highest BCUT2D eigenvalue weighted by Gasteiger charge is 2.27. The number of pyridine rings is 1. The Balaban J connectivity index is 1.85. The van der Waals surface area contributed by atoms with E-state index in [0.29, 0.717) is 47.3 Å². The number of nitrogens with two attached hydrogens (primary N) is 1. The first-order chi connectivity index (χ1) is 14.3. The summed E-state index contributed by atoms with van der Waals surface area (Å²) in [5.41, 5.74) is 7.80. The van der Waals surface area contributed by atoms with Crippen LogP contribution in [0, 0.1) is 12.7 Å². The minimum Gasteiger partial charge on any atom is -0.398 e. The zero-order valence-corrected chi connectivity index (χ0v) is 18.5. The van der Waals surface area contributed by atoms with Crippen molar-refractivity contribution in [2.24, 2.45) is 10.7 Å². The van der Waals surface area contributed by atoms with Crippen molar-refractivity contribution in [1.29, 1.82) is 0 Å². The molecule has 1 aliphatic heterocycles. The summed E-state index contributed by atoms with van der Waals surface area (Å²) in [7, 11) is 0. The van der Waals surface area contributed by atoms with Gasteiger partial charge in [0.2, 0.25) is 0 Å². The van der Waals surface area contributed by atoms with Crippen molar-refractivity contribution in [2.75, 3.05) is 24.5 Å². The number of rotatable bonds is 4. The van der Waals surface area contributed by atoms with Gasteiger partial charge in [0.25, 0.3) is 0 Å². The van der Waals surface area contributed by atoms with Crippen molar-refractivity contribution in [3.05, 3.63) is 76.3 Å². The summed E-state index contributed by atoms with van der Waals surface area (Å²) in [6, 6.07) is 8.60. The van der Waals surface area contributed by atoms with Crippen LogP contribution in [0.15, 0.2) is 59.3 Å². The first-order valence-corrected chi connectivity index (χ1v) is 10.3. The standard InChI is InChI=1S/C22H24Cl2FN5/c1-14-6-7-17(11-19(14)25)20(26)12-21(28-16(3)23)30-10-9-29(13-15(30)2)22-18(24)5-4-8-27-22/h4-8,11-12,15H,3,9-10,13,26H2,1-2H3/b20-12-,28-21?/t15-/m1/s1. The second kappa shape index (κ2) is 9.49. The van der Waals surface area contributed by atoms with E-state index in [2.05, 4.69) is 33.3 Å². The number of aliphatic imine (C=N–C) groups is 1. The molecule has 2 aromatic rings. The molecule has 5 nitrogen and oxygen atoms in total. The molecule has 0 bridgehead atoms. The summed E-state index contributed by atoms with van der Waals surface area (Å²) in [4.78, 5) is 13.0. The molecule has 1 aromatic carbocycles. The molecule has 0 saturated carbocycles. The fourth-order valence-electron chi connectivity index (χ4n) is 3.40. The van der Waals surface area contributed by atoms with Gasteiger partial charge < -0.3 is 15.5 Å². The van der Waals surface area contributed by atoms with Gasteiger partial charge in [-0.25, -0.2) is 14.4 Å². The molecule has 3 rings (SSSR count). The Morgan fingerprint density at radius 3 is 2.77 bits per heavy atom. The van der Waals surface area contributed by atoms with Gasteiger partial charge in [-0.15, -0.1) is 0 Å². The van der Waals surface area contributed by atoms with Gasteiger partial charge in [0.05, 0.1) is 5.02 Å². The van der Waals surface area contributed by atoms with Gasteiger partial charge in [0.15, 0.2) is 0 Å². The lowest BCUT2D eigenvalue weighted by Gasteiger charge is -2.41. The Morgan fingerprint density at radius 1 is 1.37 bits per heavy atom. The number of anilines is 1. The normalized spacial score (nSPS) is 18.0. The molecule has 1 saturated heterocycles. The van der Waals surface area contributed by atoms with Crippen LogP contribution in [0.1, 0.15) is 18.1 Å². The summed E-state index contributed by atoms with van der Waals surface area (Å²) in [5, 5.41) is 0.762. The molecule has 0 amide bonds. The molecule has 1 fully saturated rings. The zero-order chi connectivity index (χ0) is 21.8. The minimum atomic E-state index is -0.307. The van der Waals surface area contributed by atoms with Gasteiger partial charge in [-0.3, -0.25) is 0 Å². The van der Waals surface area contributed by atoms with E-state index in [1.807, 2.05) is 12.1 Å². The van der Waals surface area contributed by atoms with E-state index in [4.69, 9.17) is 28.9 Å². The molecule has 2 heterocycles. The first-order valence-electron chi connectivity index (χ1n) is 9.55. The fourth-order valence-corrected chi connectivity index (χ4v) is 3.73. The van der Waals surface area contributed by atoms with Crippen LogP contribution in [-0.4, -0.2) is 41.4 Å². The van der Waals surface area contributed by atoms with Crippen LogP contribution in [-0.2, 0) is 0 Å². The summed E-state index contributed by atoms with van der Waals surface area (Å²) >= 11 is 12.3. The maximum absolute atomic E-state index is 14.0. The van der Waals surface area contributed by atoms with Crippen LogP contribution in [0.4, 0.5) is 10.2 Å². The molecule has 1 aromatic heterocycles. The van der Waals surface area contributed by atoms with Gasteiger partial charge in [-0.1, -0.05) is 41.9 Å².